The zero-order chi connectivity index (χ0) is 30.7. The van der Waals surface area contributed by atoms with E-state index in [9.17, 15) is 24.3 Å². The van der Waals surface area contributed by atoms with Crippen molar-refractivity contribution in [1.82, 2.24) is 25.4 Å². The Kier molecular flexibility index (Phi) is 9.40. The molecule has 0 radical (unpaired) electrons. The maximum atomic E-state index is 13.3. The zero-order valence-corrected chi connectivity index (χ0v) is 26.2. The van der Waals surface area contributed by atoms with Crippen LogP contribution in [0.1, 0.15) is 10.7 Å². The molecule has 2 aliphatic heterocycles. The van der Waals surface area contributed by atoms with Gasteiger partial charge in [-0.3, -0.25) is 19.2 Å². The Balaban J connectivity index is 1.22. The summed E-state index contributed by atoms with van der Waals surface area (Å²) in [6.07, 6.45) is 0. The second kappa shape index (κ2) is 13.0. The summed E-state index contributed by atoms with van der Waals surface area (Å²) < 4.78 is 0.656. The van der Waals surface area contributed by atoms with E-state index >= 15 is 0 Å². The molecule has 3 amide bonds. The number of nitrogens with one attached hydrogen (secondary N) is 2. The third-order valence-electron chi connectivity index (χ3n) is 6.30. The molecule has 0 spiro atoms. The number of aliphatic carboxylic acids is 1. The van der Waals surface area contributed by atoms with E-state index < -0.39 is 47.1 Å². The molecule has 2 unspecified atom stereocenters. The fraction of sp³-hybridized carbons (Fsp3) is 0.333. The number of carboxylic acids is 1. The van der Waals surface area contributed by atoms with E-state index in [0.717, 1.165) is 16.3 Å². The summed E-state index contributed by atoms with van der Waals surface area (Å²) in [7, 11) is 0. The van der Waals surface area contributed by atoms with Gasteiger partial charge in [-0.05, 0) is 25.1 Å². The first-order chi connectivity index (χ1) is 20.5. The summed E-state index contributed by atoms with van der Waals surface area (Å²) in [6.45, 7) is 1.28. The minimum absolute atomic E-state index is 0.00952. The highest BCUT2D eigenvalue weighted by Gasteiger charge is 2.57. The number of carbonyl (C=O) groups is 4. The van der Waals surface area contributed by atoms with Crippen LogP contribution in [0.25, 0.3) is 0 Å². The van der Waals surface area contributed by atoms with Gasteiger partial charge in [0.1, 0.15) is 27.5 Å². The van der Waals surface area contributed by atoms with E-state index in [1.807, 2.05) is 6.92 Å². The maximum Gasteiger partial charge on any atom is 0.313 e. The largest absolute Gasteiger partial charge is 0.481 e. The fourth-order valence-electron chi connectivity index (χ4n) is 4.17. The lowest BCUT2D eigenvalue weighted by Gasteiger charge is -2.53. The van der Waals surface area contributed by atoms with Crippen LogP contribution in [0.2, 0.25) is 5.02 Å². The van der Waals surface area contributed by atoms with Gasteiger partial charge in [0.05, 0.1) is 0 Å². The molecule has 0 bridgehead atoms. The van der Waals surface area contributed by atoms with Crippen molar-refractivity contribution in [2.24, 2.45) is 10.6 Å². The van der Waals surface area contributed by atoms with Gasteiger partial charge in [0.15, 0.2) is 21.8 Å². The number of halogens is 1. The number of nitrogens with zero attached hydrogens (tertiary/aromatic N) is 5. The van der Waals surface area contributed by atoms with Crippen molar-refractivity contribution in [3.63, 3.8) is 0 Å². The Labute approximate surface area is 265 Å². The van der Waals surface area contributed by atoms with Crippen LogP contribution in [-0.2, 0) is 24.0 Å². The lowest BCUT2D eigenvalue weighted by Crippen LogP contribution is -2.74. The second-order valence-corrected chi connectivity index (χ2v) is 14.3. The van der Waals surface area contributed by atoms with E-state index in [2.05, 4.69) is 31.0 Å². The molecule has 19 heteroatoms. The van der Waals surface area contributed by atoms with Crippen molar-refractivity contribution in [2.75, 3.05) is 35.7 Å². The van der Waals surface area contributed by atoms with Gasteiger partial charge < -0.3 is 31.2 Å². The normalized spacial score (nSPS) is 21.5. The number of amides is 3. The van der Waals surface area contributed by atoms with Crippen LogP contribution in [0.4, 0.5) is 10.8 Å². The quantitative estimate of drug-likeness (QED) is 0.0995. The van der Waals surface area contributed by atoms with Crippen molar-refractivity contribution in [1.29, 1.82) is 0 Å². The first kappa shape index (κ1) is 31.0. The van der Waals surface area contributed by atoms with Gasteiger partial charge >= 0.3 is 5.97 Å². The van der Waals surface area contributed by atoms with Crippen LogP contribution in [-0.4, -0.2) is 90.7 Å². The molecular weight excluding hydrogens is 660 g/mol. The number of thioether (sulfide) groups is 2. The number of rotatable bonds is 11. The predicted octanol–water partition coefficient (Wildman–Crippen LogP) is 2.16. The number of hydrogen-bond donors (Lipinski definition) is 4. The van der Waals surface area contributed by atoms with E-state index in [0.29, 0.717) is 15.0 Å². The standard InChI is InChI=1S/C24H23ClN8O6S4/c1-11-30-31-23(43-11)42-10-24(21(37)38)8-33-19(36)17(20(33)41-9-24)29-18(35)16(14-7-40-22(26)28-14)32-39-6-15(34)27-13-4-2-3-12(25)5-13/h2-5,7,17,20H,6,8-10H2,1H3,(H2,26,28)(H,27,34)(H,29,35)(H,37,38)/t17?,20-,24?/m1/s1. The molecule has 3 atom stereocenters. The molecule has 0 aliphatic carbocycles. The van der Waals surface area contributed by atoms with Crippen molar-refractivity contribution in [2.45, 2.75) is 22.7 Å². The van der Waals surface area contributed by atoms with Crippen LogP contribution in [0.15, 0.2) is 39.1 Å². The number of fused-ring (bicyclic) bond motifs is 1. The van der Waals surface area contributed by atoms with Crippen molar-refractivity contribution in [3.8, 4) is 0 Å². The number of β-lactam (4-membered cyclic amide) rings is 1. The number of carboxylic acid groups (broad SMARTS) is 1. The molecule has 1 aromatic carbocycles. The molecule has 4 heterocycles. The highest BCUT2D eigenvalue weighted by atomic mass is 35.5. The first-order valence-corrected chi connectivity index (χ1v) is 16.5. The number of nitrogen functional groups attached to an aromatic ring is 1. The molecular formula is C24H23ClN8O6S4. The minimum atomic E-state index is -1.19. The average Bonchev–Trinajstić information content (AvgIpc) is 3.59. The van der Waals surface area contributed by atoms with Gasteiger partial charge in [-0.2, -0.15) is 0 Å². The van der Waals surface area contributed by atoms with E-state index in [-0.39, 0.29) is 34.6 Å². The third kappa shape index (κ3) is 7.04. The van der Waals surface area contributed by atoms with Gasteiger partial charge in [0.2, 0.25) is 5.91 Å². The second-order valence-electron chi connectivity index (χ2n) is 9.42. The number of anilines is 2. The molecule has 5 N–H and O–H groups in total. The Morgan fingerprint density at radius 2 is 2.16 bits per heavy atom. The summed E-state index contributed by atoms with van der Waals surface area (Å²) in [5.74, 6) is -2.32. The molecule has 2 aliphatic rings. The zero-order valence-electron chi connectivity index (χ0n) is 22.2. The lowest BCUT2D eigenvalue weighted by molar-refractivity contribution is -0.157. The number of thiazole rings is 1. The number of benzene rings is 1. The molecule has 2 aromatic heterocycles. The number of hydrogen-bond acceptors (Lipinski definition) is 14. The number of carbonyl (C=O) groups excluding carboxylic acids is 3. The van der Waals surface area contributed by atoms with Crippen molar-refractivity contribution in [3.05, 3.63) is 45.4 Å². The maximum absolute atomic E-state index is 13.3. The van der Waals surface area contributed by atoms with Crippen LogP contribution < -0.4 is 16.4 Å². The molecule has 0 saturated carbocycles. The van der Waals surface area contributed by atoms with Gasteiger partial charge in [0, 0.05) is 34.1 Å². The van der Waals surface area contributed by atoms with Crippen LogP contribution in [0.3, 0.4) is 0 Å². The fourth-order valence-corrected chi connectivity index (χ4v) is 8.59. The Hall–Kier alpha value is -3.45. The molecule has 2 fully saturated rings. The summed E-state index contributed by atoms with van der Waals surface area (Å²) in [5.41, 5.74) is 4.82. The van der Waals surface area contributed by atoms with E-state index in [1.54, 1.807) is 24.3 Å². The average molecular weight is 683 g/mol. The highest BCUT2D eigenvalue weighted by molar-refractivity contribution is 8.01. The molecule has 3 aromatic rings. The van der Waals surface area contributed by atoms with Gasteiger partial charge in [-0.25, -0.2) is 4.98 Å². The summed E-state index contributed by atoms with van der Waals surface area (Å²) >= 11 is 10.9. The topological polar surface area (TPSA) is 202 Å². The number of aryl methyl sites for hydroxylation is 1. The van der Waals surface area contributed by atoms with Crippen LogP contribution >= 0.6 is 57.8 Å². The van der Waals surface area contributed by atoms with Crippen molar-refractivity contribution >= 4 is 98.0 Å². The first-order valence-electron chi connectivity index (χ1n) is 12.4. The van der Waals surface area contributed by atoms with Crippen LogP contribution in [0, 0.1) is 12.3 Å². The third-order valence-corrected chi connectivity index (χ3v) is 11.1. The smallest absolute Gasteiger partial charge is 0.313 e. The SMILES string of the molecule is Cc1nnc(SCC2(C(=O)O)CS[C@@H]3C(NC(=O)C(=NOCC(=O)Nc4cccc(Cl)c4)c4csc(N)n4)C(=O)N3C2)s1. The Morgan fingerprint density at radius 3 is 2.84 bits per heavy atom. The predicted molar refractivity (Wildman–Crippen MR) is 164 cm³/mol. The summed E-state index contributed by atoms with van der Waals surface area (Å²) in [5, 5.41) is 29.6. The summed E-state index contributed by atoms with van der Waals surface area (Å²) in [4.78, 5) is 61.7. The number of aromatic nitrogens is 3. The van der Waals surface area contributed by atoms with Crippen LogP contribution in [0.5, 0.6) is 0 Å². The number of oxime groups is 1. The molecule has 2 saturated heterocycles. The number of nitrogens with two attached hydrogens (primary N) is 1. The van der Waals surface area contributed by atoms with Gasteiger partial charge in [0.25, 0.3) is 11.8 Å². The lowest BCUT2D eigenvalue weighted by atomic mass is 9.89. The van der Waals surface area contributed by atoms with E-state index in [1.165, 1.54) is 45.1 Å². The molecule has 43 heavy (non-hydrogen) atoms. The highest BCUT2D eigenvalue weighted by Crippen LogP contribution is 2.44. The Morgan fingerprint density at radius 1 is 1.35 bits per heavy atom. The Bertz CT molecular complexity index is 1600. The van der Waals surface area contributed by atoms with Gasteiger partial charge in [-0.1, -0.05) is 45.9 Å². The summed E-state index contributed by atoms with van der Waals surface area (Å²) in [6, 6.07) is 5.60. The van der Waals surface area contributed by atoms with Crippen molar-refractivity contribution < 1.29 is 29.1 Å². The van der Waals surface area contributed by atoms with E-state index in [4.69, 9.17) is 22.2 Å². The monoisotopic (exact) mass is 682 g/mol. The molecule has 14 nitrogen and oxygen atoms in total. The molecule has 5 rings (SSSR count). The minimum Gasteiger partial charge on any atom is -0.481 e. The van der Waals surface area contributed by atoms with Gasteiger partial charge in [-0.15, -0.1) is 33.3 Å². The molecule has 226 valence electrons.